The molecule has 1 aliphatic rings. The fraction of sp³-hybridized carbons (Fsp3) is 1.00. The zero-order valence-electron chi connectivity index (χ0n) is 4.76. The van der Waals surface area contributed by atoms with Gasteiger partial charge in [0.25, 0.3) is 0 Å². The van der Waals surface area contributed by atoms with Crippen molar-refractivity contribution in [3.63, 3.8) is 0 Å². The molecule has 2 unspecified atom stereocenters. The van der Waals surface area contributed by atoms with Gasteiger partial charge in [-0.05, 0) is 6.42 Å². The lowest BCUT2D eigenvalue weighted by atomic mass is 10.4. The normalized spacial score (nSPS) is 35.2. The molecule has 1 rings (SSSR count). The van der Waals surface area contributed by atoms with Crippen LogP contribution in [0.5, 0.6) is 0 Å². The van der Waals surface area contributed by atoms with Gasteiger partial charge in [0, 0.05) is 12.4 Å². The summed E-state index contributed by atoms with van der Waals surface area (Å²) >= 11 is 3.31. The van der Waals surface area contributed by atoms with E-state index in [2.05, 4.69) is 15.9 Å². The molecule has 48 valence electrons. The van der Waals surface area contributed by atoms with E-state index >= 15 is 0 Å². The number of ether oxygens (including phenoxy) is 2. The molecule has 1 saturated heterocycles. The Bertz CT molecular complexity index is 76.8. The first-order valence-electron chi connectivity index (χ1n) is 2.62. The van der Waals surface area contributed by atoms with Crippen LogP contribution in [0.25, 0.3) is 0 Å². The molecule has 2 atom stereocenters. The van der Waals surface area contributed by atoms with Crippen LogP contribution in [0.2, 0.25) is 0 Å². The van der Waals surface area contributed by atoms with Gasteiger partial charge in [0.1, 0.15) is 6.10 Å². The highest BCUT2D eigenvalue weighted by Crippen LogP contribution is 2.25. The Kier molecular flexibility index (Phi) is 2.28. The quantitative estimate of drug-likeness (QED) is 0.481. The molecule has 8 heavy (non-hydrogen) atoms. The summed E-state index contributed by atoms with van der Waals surface area (Å²) in [6.07, 6.45) is 1.50. The van der Waals surface area contributed by atoms with E-state index in [0.29, 0.717) is 6.10 Å². The van der Waals surface area contributed by atoms with E-state index in [9.17, 15) is 0 Å². The van der Waals surface area contributed by atoms with Crippen LogP contribution in [-0.2, 0) is 9.47 Å². The summed E-state index contributed by atoms with van der Waals surface area (Å²) in [4.78, 5) is 0. The van der Waals surface area contributed by atoms with Gasteiger partial charge in [-0.25, -0.2) is 0 Å². The molecule has 0 aromatic rings. The molecule has 0 saturated carbocycles. The Morgan fingerprint density at radius 2 is 2.50 bits per heavy atom. The van der Waals surface area contributed by atoms with Crippen molar-refractivity contribution >= 4 is 15.9 Å². The van der Waals surface area contributed by atoms with Gasteiger partial charge in [-0.15, -0.1) is 0 Å². The summed E-state index contributed by atoms with van der Waals surface area (Å²) in [5, 5.41) is 0.998. The second kappa shape index (κ2) is 2.80. The number of halogens is 1. The van der Waals surface area contributed by atoms with Crippen molar-refractivity contribution in [2.75, 3.05) is 12.4 Å². The van der Waals surface area contributed by atoms with Crippen LogP contribution in [0.3, 0.4) is 0 Å². The van der Waals surface area contributed by atoms with E-state index in [1.807, 2.05) is 0 Å². The molecule has 0 N–H and O–H groups in total. The molecule has 1 fully saturated rings. The SMILES string of the molecule is COC1OC1CCBr. The number of alkyl halides is 1. The summed E-state index contributed by atoms with van der Waals surface area (Å²) in [6, 6.07) is 0. The Balaban J connectivity index is 1.99. The van der Waals surface area contributed by atoms with Crippen LogP contribution in [-0.4, -0.2) is 24.8 Å². The third-order valence-corrected chi connectivity index (χ3v) is 1.62. The highest BCUT2D eigenvalue weighted by Gasteiger charge is 2.37. The van der Waals surface area contributed by atoms with E-state index in [1.165, 1.54) is 0 Å². The molecule has 0 bridgehead atoms. The van der Waals surface area contributed by atoms with Gasteiger partial charge in [0.05, 0.1) is 0 Å². The first-order chi connectivity index (χ1) is 3.88. The Hall–Kier alpha value is 0.400. The predicted octanol–water partition coefficient (Wildman–Crippen LogP) is 1.14. The van der Waals surface area contributed by atoms with Crippen molar-refractivity contribution in [1.29, 1.82) is 0 Å². The number of rotatable bonds is 3. The lowest BCUT2D eigenvalue weighted by Crippen LogP contribution is -1.95. The maximum Gasteiger partial charge on any atom is 0.184 e. The lowest BCUT2D eigenvalue weighted by molar-refractivity contribution is 0.0950. The fourth-order valence-corrected chi connectivity index (χ4v) is 1.10. The zero-order chi connectivity index (χ0) is 5.98. The van der Waals surface area contributed by atoms with E-state index in [-0.39, 0.29) is 6.29 Å². The van der Waals surface area contributed by atoms with E-state index < -0.39 is 0 Å². The van der Waals surface area contributed by atoms with Crippen LogP contribution in [0, 0.1) is 0 Å². The summed E-state index contributed by atoms with van der Waals surface area (Å²) in [6.45, 7) is 0. The van der Waals surface area contributed by atoms with Crippen LogP contribution < -0.4 is 0 Å². The molecule has 0 amide bonds. The second-order valence-electron chi connectivity index (χ2n) is 1.76. The highest BCUT2D eigenvalue weighted by molar-refractivity contribution is 9.09. The maximum atomic E-state index is 5.05. The third-order valence-electron chi connectivity index (χ3n) is 1.16. The van der Waals surface area contributed by atoms with Crippen LogP contribution in [0.1, 0.15) is 6.42 Å². The van der Waals surface area contributed by atoms with Gasteiger partial charge in [0.15, 0.2) is 6.29 Å². The molecule has 3 heteroatoms. The minimum absolute atomic E-state index is 0.0903. The van der Waals surface area contributed by atoms with Gasteiger partial charge < -0.3 is 9.47 Å². The van der Waals surface area contributed by atoms with Crippen molar-refractivity contribution in [3.8, 4) is 0 Å². The first-order valence-corrected chi connectivity index (χ1v) is 3.75. The molecule has 1 aliphatic heterocycles. The molecule has 1 heterocycles. The molecule has 0 aliphatic carbocycles. The van der Waals surface area contributed by atoms with Crippen LogP contribution in [0.4, 0.5) is 0 Å². The Labute approximate surface area is 57.3 Å². The van der Waals surface area contributed by atoms with E-state index in [4.69, 9.17) is 9.47 Å². The van der Waals surface area contributed by atoms with Crippen molar-refractivity contribution in [3.05, 3.63) is 0 Å². The monoisotopic (exact) mass is 180 g/mol. The Morgan fingerprint density at radius 3 is 2.88 bits per heavy atom. The van der Waals surface area contributed by atoms with Gasteiger partial charge >= 0.3 is 0 Å². The lowest BCUT2D eigenvalue weighted by Gasteiger charge is -1.85. The number of hydrogen-bond acceptors (Lipinski definition) is 2. The van der Waals surface area contributed by atoms with Gasteiger partial charge in [0.2, 0.25) is 0 Å². The largest absolute Gasteiger partial charge is 0.353 e. The number of hydrogen-bond donors (Lipinski definition) is 0. The average molecular weight is 181 g/mol. The minimum atomic E-state index is 0.0903. The molecule has 0 radical (unpaired) electrons. The van der Waals surface area contributed by atoms with Crippen molar-refractivity contribution in [2.45, 2.75) is 18.8 Å². The van der Waals surface area contributed by atoms with Crippen molar-refractivity contribution in [1.82, 2.24) is 0 Å². The maximum absolute atomic E-state index is 5.05. The average Bonchev–Trinajstić information content (AvgIpc) is 2.48. The molecule has 0 spiro atoms. The first kappa shape index (κ1) is 6.52. The summed E-state index contributed by atoms with van der Waals surface area (Å²) in [5.41, 5.74) is 0. The van der Waals surface area contributed by atoms with E-state index in [1.54, 1.807) is 7.11 Å². The predicted molar refractivity (Wildman–Crippen MR) is 34.1 cm³/mol. The standard InChI is InChI=1S/C5H9BrO2/c1-7-5-4(8-5)2-3-6/h4-5H,2-3H2,1H3. The highest BCUT2D eigenvalue weighted by atomic mass is 79.9. The summed E-state index contributed by atoms with van der Waals surface area (Å²) in [7, 11) is 1.67. The molecule has 0 aromatic heterocycles. The Morgan fingerprint density at radius 1 is 1.75 bits per heavy atom. The number of methoxy groups -OCH3 is 1. The minimum Gasteiger partial charge on any atom is -0.353 e. The molecular formula is C5H9BrO2. The fourth-order valence-electron chi connectivity index (χ4n) is 0.646. The zero-order valence-corrected chi connectivity index (χ0v) is 6.35. The van der Waals surface area contributed by atoms with Crippen LogP contribution in [0.15, 0.2) is 0 Å². The van der Waals surface area contributed by atoms with Crippen molar-refractivity contribution < 1.29 is 9.47 Å². The molecular weight excluding hydrogens is 172 g/mol. The topological polar surface area (TPSA) is 21.8 Å². The van der Waals surface area contributed by atoms with E-state index in [0.717, 1.165) is 11.8 Å². The third kappa shape index (κ3) is 1.44. The second-order valence-corrected chi connectivity index (χ2v) is 2.55. The molecule has 2 nitrogen and oxygen atoms in total. The van der Waals surface area contributed by atoms with Gasteiger partial charge in [-0.2, -0.15) is 0 Å². The van der Waals surface area contributed by atoms with Gasteiger partial charge in [-0.1, -0.05) is 15.9 Å². The van der Waals surface area contributed by atoms with Gasteiger partial charge in [-0.3, -0.25) is 0 Å². The van der Waals surface area contributed by atoms with Crippen LogP contribution >= 0.6 is 15.9 Å². The molecule has 0 aromatic carbocycles. The smallest absolute Gasteiger partial charge is 0.184 e. The van der Waals surface area contributed by atoms with Crippen molar-refractivity contribution in [2.24, 2.45) is 0 Å². The summed E-state index contributed by atoms with van der Waals surface area (Å²) < 4.78 is 9.94. The number of epoxide rings is 1. The summed E-state index contributed by atoms with van der Waals surface area (Å²) in [5.74, 6) is 0.